The Bertz CT molecular complexity index is 3370. The standard InChI is InChI=1S/C53H40B6O3/c54-45-41-40(42-44(52(61)50(59)48(57)46(42)55)39(27-12-4-1-5-13-27)43(41)51(60)49(58)47(45)56)29-21-23-37-30(24-29)26-38(62-37)28-20-22-36-34(25-28)33-18-10-11-19-35(33)53(36,31-14-6-2-7-15-31)32-16-8-3-9-17-32/h1-26,60-61H,54-59H2. The lowest BCUT2D eigenvalue weighted by molar-refractivity contribution is 0.485. The van der Waals surface area contributed by atoms with Gasteiger partial charge in [-0.2, -0.15) is 0 Å². The highest BCUT2D eigenvalue weighted by molar-refractivity contribution is 6.65. The number of rotatable bonds is 5. The van der Waals surface area contributed by atoms with E-state index in [9.17, 15) is 10.2 Å². The van der Waals surface area contributed by atoms with Crippen LogP contribution in [0, 0.1) is 0 Å². The molecule has 0 saturated heterocycles. The van der Waals surface area contributed by atoms with E-state index in [1.165, 1.54) is 33.4 Å². The maximum absolute atomic E-state index is 12.2. The molecule has 1 aromatic heterocycles. The van der Waals surface area contributed by atoms with Crippen LogP contribution in [0.2, 0.25) is 0 Å². The van der Waals surface area contributed by atoms with Gasteiger partial charge < -0.3 is 14.6 Å². The Morgan fingerprint density at radius 1 is 0.387 bits per heavy atom. The highest BCUT2D eigenvalue weighted by Crippen LogP contribution is 2.57. The average molecular weight is 790 g/mol. The van der Waals surface area contributed by atoms with Gasteiger partial charge in [0.25, 0.3) is 0 Å². The predicted molar refractivity (Wildman–Crippen MR) is 277 cm³/mol. The summed E-state index contributed by atoms with van der Waals surface area (Å²) in [5, 5.41) is 28.9. The van der Waals surface area contributed by atoms with Crippen LogP contribution in [0.4, 0.5) is 0 Å². The number of hydrogen-bond donors (Lipinski definition) is 2. The van der Waals surface area contributed by atoms with Crippen molar-refractivity contribution in [1.82, 2.24) is 0 Å². The third-order valence-corrected chi connectivity index (χ3v) is 14.3. The summed E-state index contributed by atoms with van der Waals surface area (Å²) in [4.78, 5) is 0. The van der Waals surface area contributed by atoms with Gasteiger partial charge in [-0.3, -0.25) is 0 Å². The van der Waals surface area contributed by atoms with E-state index in [0.29, 0.717) is 0 Å². The lowest BCUT2D eigenvalue weighted by atomic mass is 9.64. The van der Waals surface area contributed by atoms with Crippen LogP contribution in [-0.4, -0.2) is 57.3 Å². The third-order valence-electron chi connectivity index (χ3n) is 14.3. The molecule has 288 valence electrons. The molecule has 0 amide bonds. The van der Waals surface area contributed by atoms with Gasteiger partial charge in [0, 0.05) is 27.3 Å². The van der Waals surface area contributed by atoms with Gasteiger partial charge in [-0.1, -0.05) is 166 Å². The van der Waals surface area contributed by atoms with Crippen molar-refractivity contribution in [3.8, 4) is 56.2 Å². The third kappa shape index (κ3) is 5.21. The Kier molecular flexibility index (Phi) is 8.60. The minimum absolute atomic E-state index is 0.244. The molecule has 0 spiro atoms. The Morgan fingerprint density at radius 2 is 0.887 bits per heavy atom. The molecule has 0 atom stereocenters. The monoisotopic (exact) mass is 790 g/mol. The van der Waals surface area contributed by atoms with E-state index >= 15 is 0 Å². The second kappa shape index (κ2) is 14.0. The summed E-state index contributed by atoms with van der Waals surface area (Å²) in [7, 11) is 12.5. The predicted octanol–water partition coefficient (Wildman–Crippen LogP) is 3.06. The summed E-state index contributed by atoms with van der Waals surface area (Å²) in [6, 6.07) is 56.1. The van der Waals surface area contributed by atoms with Gasteiger partial charge in [-0.25, -0.2) is 0 Å². The molecule has 1 aliphatic carbocycles. The molecule has 1 heterocycles. The Labute approximate surface area is 366 Å². The first-order valence-electron chi connectivity index (χ1n) is 21.5. The minimum atomic E-state index is -0.468. The van der Waals surface area contributed by atoms with Crippen molar-refractivity contribution in [2.45, 2.75) is 5.41 Å². The number of phenols is 2. The van der Waals surface area contributed by atoms with Gasteiger partial charge >= 0.3 is 0 Å². The van der Waals surface area contributed by atoms with Gasteiger partial charge in [-0.05, 0) is 85.1 Å². The summed E-state index contributed by atoms with van der Waals surface area (Å²) in [6.45, 7) is 0. The van der Waals surface area contributed by atoms with Crippen molar-refractivity contribution in [3.05, 3.63) is 180 Å². The van der Waals surface area contributed by atoms with Crippen molar-refractivity contribution in [2.75, 3.05) is 0 Å². The molecule has 3 nitrogen and oxygen atoms in total. The quantitative estimate of drug-likeness (QED) is 0.209. The molecule has 9 aromatic carbocycles. The molecule has 62 heavy (non-hydrogen) atoms. The van der Waals surface area contributed by atoms with Crippen molar-refractivity contribution < 1.29 is 14.6 Å². The van der Waals surface area contributed by atoms with Gasteiger partial charge in [0.1, 0.15) is 69.9 Å². The summed E-state index contributed by atoms with van der Waals surface area (Å²) in [5.41, 5.74) is 18.5. The summed E-state index contributed by atoms with van der Waals surface area (Å²) < 4.78 is 6.74. The Morgan fingerprint density at radius 3 is 1.48 bits per heavy atom. The summed E-state index contributed by atoms with van der Waals surface area (Å²) >= 11 is 0. The van der Waals surface area contributed by atoms with Crippen LogP contribution in [0.3, 0.4) is 0 Å². The molecule has 11 rings (SSSR count). The first-order chi connectivity index (χ1) is 30.1. The second-order valence-corrected chi connectivity index (χ2v) is 17.2. The molecular formula is C53H40B6O3. The molecule has 0 bridgehead atoms. The first-order valence-corrected chi connectivity index (χ1v) is 21.5. The number of phenolic OH excluding ortho intramolecular Hbond substituents is 2. The minimum Gasteiger partial charge on any atom is -0.508 e. The van der Waals surface area contributed by atoms with Gasteiger partial charge in [0.05, 0.1) is 5.41 Å². The van der Waals surface area contributed by atoms with Crippen molar-refractivity contribution in [1.29, 1.82) is 0 Å². The fraction of sp³-hybridized carbons (Fsp3) is 0.0189. The molecule has 0 fully saturated rings. The van der Waals surface area contributed by atoms with E-state index < -0.39 is 5.41 Å². The normalized spacial score (nSPS) is 12.8. The molecule has 9 heteroatoms. The number of aromatic hydroxyl groups is 2. The smallest absolute Gasteiger partial charge is 0.143 e. The van der Waals surface area contributed by atoms with E-state index in [-0.39, 0.29) is 11.5 Å². The molecule has 2 N–H and O–H groups in total. The lowest BCUT2D eigenvalue weighted by Crippen LogP contribution is -2.41. The summed E-state index contributed by atoms with van der Waals surface area (Å²) in [6.07, 6.45) is 0. The number of furan rings is 1. The maximum Gasteiger partial charge on any atom is 0.143 e. The number of fused-ring (bicyclic) bond motifs is 6. The van der Waals surface area contributed by atoms with Gasteiger partial charge in [0.2, 0.25) is 0 Å². The van der Waals surface area contributed by atoms with Crippen LogP contribution >= 0.6 is 0 Å². The van der Waals surface area contributed by atoms with Crippen LogP contribution in [0.25, 0.3) is 77.2 Å². The van der Waals surface area contributed by atoms with E-state index in [1.54, 1.807) is 0 Å². The Balaban J connectivity index is 1.15. The van der Waals surface area contributed by atoms with Crippen LogP contribution < -0.4 is 32.8 Å². The van der Waals surface area contributed by atoms with E-state index in [2.05, 4.69) is 171 Å². The molecule has 1 aliphatic rings. The molecule has 0 radical (unpaired) electrons. The molecule has 0 unspecified atom stereocenters. The van der Waals surface area contributed by atoms with Crippen LogP contribution in [0.1, 0.15) is 22.3 Å². The highest BCUT2D eigenvalue weighted by Gasteiger charge is 2.46. The van der Waals surface area contributed by atoms with Crippen LogP contribution in [0.5, 0.6) is 11.5 Å². The zero-order valence-corrected chi connectivity index (χ0v) is 35.8. The van der Waals surface area contributed by atoms with Crippen molar-refractivity contribution in [2.24, 2.45) is 0 Å². The number of hydrogen-bond acceptors (Lipinski definition) is 3. The molecule has 0 saturated carbocycles. The maximum atomic E-state index is 12.2. The molecular weight excluding hydrogens is 749 g/mol. The lowest BCUT2D eigenvalue weighted by Gasteiger charge is -2.33. The largest absolute Gasteiger partial charge is 0.508 e. The van der Waals surface area contributed by atoms with Crippen LogP contribution in [-0.2, 0) is 5.41 Å². The zero-order valence-electron chi connectivity index (χ0n) is 35.8. The summed E-state index contributed by atoms with van der Waals surface area (Å²) in [5.74, 6) is 1.28. The van der Waals surface area contributed by atoms with Crippen molar-refractivity contribution >= 4 is 112 Å². The number of benzene rings is 9. The zero-order chi connectivity index (χ0) is 42.6. The van der Waals surface area contributed by atoms with E-state index in [0.717, 1.165) is 98.9 Å². The van der Waals surface area contributed by atoms with Gasteiger partial charge in [0.15, 0.2) is 0 Å². The van der Waals surface area contributed by atoms with Crippen LogP contribution in [0.15, 0.2) is 162 Å². The first kappa shape index (κ1) is 38.0. The molecule has 10 aromatic rings. The average Bonchev–Trinajstić information content (AvgIpc) is 3.88. The van der Waals surface area contributed by atoms with E-state index in [1.807, 2.05) is 33.9 Å². The fourth-order valence-corrected chi connectivity index (χ4v) is 10.8. The van der Waals surface area contributed by atoms with Crippen molar-refractivity contribution in [3.63, 3.8) is 0 Å². The fourth-order valence-electron chi connectivity index (χ4n) is 10.8. The Hall–Kier alpha value is -6.97. The van der Waals surface area contributed by atoms with E-state index in [4.69, 9.17) is 4.42 Å². The highest BCUT2D eigenvalue weighted by atomic mass is 16.3. The SMILES string of the molecule is Bc1c(B)c(O)c2c(-c3ccccc3)c3c(O)c(B)c(B)c(B)c3c(-c3ccc4oc(-c5ccc6c(c5)-c5ccccc5C6(c5ccccc5)c5ccccc5)cc4c3)c2c1B. The van der Waals surface area contributed by atoms with Gasteiger partial charge in [-0.15, -0.1) is 0 Å². The topological polar surface area (TPSA) is 53.6 Å². The second-order valence-electron chi connectivity index (χ2n) is 17.2. The molecule has 0 aliphatic heterocycles.